The van der Waals surface area contributed by atoms with Crippen LogP contribution in [0.3, 0.4) is 0 Å². The number of amides is 1. The van der Waals surface area contributed by atoms with Crippen LogP contribution in [0.2, 0.25) is 0 Å². The van der Waals surface area contributed by atoms with Crippen molar-refractivity contribution >= 4 is 60.6 Å². The molecule has 1 aliphatic rings. The Balaban J connectivity index is 0.00000169. The van der Waals surface area contributed by atoms with Gasteiger partial charge in [-0.2, -0.15) is 0 Å². The van der Waals surface area contributed by atoms with Crippen LogP contribution in [0.1, 0.15) is 35.0 Å². The quantitative estimate of drug-likeness (QED) is 0.237. The topological polar surface area (TPSA) is 65.1 Å². The number of pyridine rings is 1. The number of benzene rings is 2. The lowest BCUT2D eigenvalue weighted by atomic mass is 10.0. The van der Waals surface area contributed by atoms with E-state index in [1.807, 2.05) is 29.3 Å². The van der Waals surface area contributed by atoms with E-state index in [1.54, 1.807) is 24.3 Å². The number of hydrogen-bond acceptors (Lipinski definition) is 5. The summed E-state index contributed by atoms with van der Waals surface area (Å²) in [4.78, 5) is 30.0. The predicted molar refractivity (Wildman–Crippen MR) is 163 cm³/mol. The van der Waals surface area contributed by atoms with E-state index in [9.17, 15) is 4.79 Å². The number of rotatable bonds is 7. The highest BCUT2D eigenvalue weighted by Crippen LogP contribution is 2.32. The highest BCUT2D eigenvalue weighted by molar-refractivity contribution is 7.99. The first kappa shape index (κ1) is 31.5. The molecule has 2 aromatic heterocycles. The van der Waals surface area contributed by atoms with Crippen LogP contribution in [0.15, 0.2) is 84.4 Å². The number of thioether (sulfide) groups is 1. The number of carbonyl (C=O) groups is 1. The smallest absolute Gasteiger partial charge is 0.256 e. The van der Waals surface area contributed by atoms with Gasteiger partial charge >= 0.3 is 0 Å². The zero-order valence-electron chi connectivity index (χ0n) is 21.1. The van der Waals surface area contributed by atoms with Gasteiger partial charge in [0.25, 0.3) is 5.91 Å². The molecule has 0 spiro atoms. The van der Waals surface area contributed by atoms with Crippen LogP contribution in [0.5, 0.6) is 0 Å². The number of carbonyl (C=O) groups excluding carboxylic acids is 1. The summed E-state index contributed by atoms with van der Waals surface area (Å²) in [6.07, 6.45) is 6.38. The molecule has 10 heteroatoms. The highest BCUT2D eigenvalue weighted by Gasteiger charge is 2.26. The summed E-state index contributed by atoms with van der Waals surface area (Å²) in [6.45, 7) is 4.78. The summed E-state index contributed by atoms with van der Waals surface area (Å²) in [6, 6.07) is 20.7. The van der Waals surface area contributed by atoms with Crippen LogP contribution >= 0.6 is 49.0 Å². The second-order valence-corrected chi connectivity index (χ2v) is 9.72. The molecule has 0 fully saturated rings. The Labute approximate surface area is 246 Å². The fourth-order valence-corrected chi connectivity index (χ4v) is 5.27. The van der Waals surface area contributed by atoms with Crippen LogP contribution in [0.25, 0.3) is 11.1 Å². The van der Waals surface area contributed by atoms with Crippen molar-refractivity contribution in [1.29, 1.82) is 0 Å². The molecule has 0 radical (unpaired) electrons. The molecule has 0 aliphatic carbocycles. The van der Waals surface area contributed by atoms with E-state index in [1.165, 1.54) is 5.56 Å². The van der Waals surface area contributed by atoms with Crippen LogP contribution in [-0.2, 0) is 13.1 Å². The third-order valence-corrected chi connectivity index (χ3v) is 7.39. The van der Waals surface area contributed by atoms with Gasteiger partial charge in [0.15, 0.2) is 0 Å². The van der Waals surface area contributed by atoms with Crippen LogP contribution in [0, 0.1) is 0 Å². The number of fused-ring (bicyclic) bond motifs is 1. The van der Waals surface area contributed by atoms with E-state index in [-0.39, 0.29) is 43.1 Å². The Bertz CT molecular complexity index is 1290. The largest absolute Gasteiger partial charge is 0.364 e. The van der Waals surface area contributed by atoms with Gasteiger partial charge in [-0.25, -0.2) is 9.97 Å². The van der Waals surface area contributed by atoms with Gasteiger partial charge in [-0.3, -0.25) is 4.79 Å². The third kappa shape index (κ3) is 7.23. The molecule has 38 heavy (non-hydrogen) atoms. The molecule has 0 unspecified atom stereocenters. The summed E-state index contributed by atoms with van der Waals surface area (Å²) in [7, 11) is 0. The molecule has 0 bridgehead atoms. The monoisotopic (exact) mass is 591 g/mol. The SMILES string of the molecule is CCCSc1ncccc1C(=O)N1CCN(Cc2cnc[nH]2)c2ccc(-c3ccccc3)cc2C1.Cl.Cl.Cl. The molecule has 1 N–H and O–H groups in total. The first-order valence-corrected chi connectivity index (χ1v) is 13.0. The van der Waals surface area contributed by atoms with E-state index in [2.05, 4.69) is 69.2 Å². The number of imidazole rings is 1. The average Bonchev–Trinajstić information content (AvgIpc) is 3.35. The number of hydrogen-bond donors (Lipinski definition) is 1. The first-order valence-electron chi connectivity index (χ1n) is 12.0. The van der Waals surface area contributed by atoms with Gasteiger partial charge in [-0.1, -0.05) is 43.3 Å². The number of nitrogens with one attached hydrogen (secondary N) is 1. The zero-order chi connectivity index (χ0) is 24.0. The molecule has 0 saturated carbocycles. The van der Waals surface area contributed by atoms with Crippen molar-refractivity contribution in [2.24, 2.45) is 0 Å². The number of anilines is 1. The van der Waals surface area contributed by atoms with Crippen molar-refractivity contribution in [2.45, 2.75) is 31.5 Å². The molecule has 3 heterocycles. The second-order valence-electron chi connectivity index (χ2n) is 8.64. The minimum atomic E-state index is 0. The van der Waals surface area contributed by atoms with E-state index in [0.717, 1.165) is 46.3 Å². The van der Waals surface area contributed by atoms with Gasteiger partial charge in [0, 0.05) is 37.7 Å². The molecule has 1 aliphatic heterocycles. The van der Waals surface area contributed by atoms with Gasteiger partial charge in [-0.05, 0) is 53.1 Å². The lowest BCUT2D eigenvalue weighted by molar-refractivity contribution is 0.0747. The van der Waals surface area contributed by atoms with Gasteiger partial charge in [0.1, 0.15) is 5.03 Å². The van der Waals surface area contributed by atoms with Crippen LogP contribution in [-0.4, -0.2) is 44.6 Å². The molecule has 2 aromatic carbocycles. The molecule has 202 valence electrons. The minimum Gasteiger partial charge on any atom is -0.364 e. The van der Waals surface area contributed by atoms with Crippen molar-refractivity contribution in [3.8, 4) is 11.1 Å². The van der Waals surface area contributed by atoms with E-state index in [4.69, 9.17) is 0 Å². The van der Waals surface area contributed by atoms with Crippen molar-refractivity contribution in [3.63, 3.8) is 0 Å². The fourth-order valence-electron chi connectivity index (χ4n) is 4.43. The molecule has 4 aromatic rings. The Morgan fingerprint density at radius 3 is 2.55 bits per heavy atom. The van der Waals surface area contributed by atoms with Crippen molar-refractivity contribution in [1.82, 2.24) is 19.9 Å². The lowest BCUT2D eigenvalue weighted by Gasteiger charge is -2.24. The minimum absolute atomic E-state index is 0. The summed E-state index contributed by atoms with van der Waals surface area (Å²) in [5.41, 5.74) is 6.36. The molecule has 0 saturated heterocycles. The van der Waals surface area contributed by atoms with E-state index in [0.29, 0.717) is 25.2 Å². The number of halogens is 3. The number of nitrogens with zero attached hydrogens (tertiary/aromatic N) is 4. The van der Waals surface area contributed by atoms with Gasteiger partial charge < -0.3 is 14.8 Å². The Hall–Kier alpha value is -2.71. The zero-order valence-corrected chi connectivity index (χ0v) is 24.3. The average molecular weight is 593 g/mol. The number of H-pyrrole nitrogens is 1. The van der Waals surface area contributed by atoms with Crippen molar-refractivity contribution in [2.75, 3.05) is 23.7 Å². The standard InChI is InChI=1S/C28H29N5OS.3ClH/c1-2-15-35-27-25(9-6-12-30-27)28(34)33-14-13-32(19-24-17-29-20-31-24)26-11-10-22(16-23(26)18-33)21-7-4-3-5-8-21;;;/h3-12,16-17,20H,2,13-15,18-19H2,1H3,(H,29,31);3*1H. The van der Waals surface area contributed by atoms with Gasteiger partial charge in [-0.15, -0.1) is 49.0 Å². The normalized spacial score (nSPS) is 12.3. The third-order valence-electron chi connectivity index (χ3n) is 6.18. The predicted octanol–water partition coefficient (Wildman–Crippen LogP) is 6.90. The fraction of sp³-hybridized carbons (Fsp3) is 0.250. The maximum absolute atomic E-state index is 13.8. The maximum Gasteiger partial charge on any atom is 0.256 e. The Morgan fingerprint density at radius 2 is 1.82 bits per heavy atom. The summed E-state index contributed by atoms with van der Waals surface area (Å²) >= 11 is 1.65. The summed E-state index contributed by atoms with van der Waals surface area (Å²) in [5, 5.41) is 0.816. The molecular weight excluding hydrogens is 561 g/mol. The molecule has 0 atom stereocenters. The van der Waals surface area contributed by atoms with Gasteiger partial charge in [0.05, 0.1) is 24.1 Å². The van der Waals surface area contributed by atoms with E-state index >= 15 is 0 Å². The van der Waals surface area contributed by atoms with E-state index < -0.39 is 0 Å². The second kappa shape index (κ2) is 15.0. The van der Waals surface area contributed by atoms with Crippen LogP contribution < -0.4 is 4.90 Å². The maximum atomic E-state index is 13.8. The summed E-state index contributed by atoms with van der Waals surface area (Å²) < 4.78 is 0. The van der Waals surface area contributed by atoms with Crippen molar-refractivity contribution < 1.29 is 4.79 Å². The summed E-state index contributed by atoms with van der Waals surface area (Å²) in [5.74, 6) is 0.981. The van der Waals surface area contributed by atoms with Crippen molar-refractivity contribution in [3.05, 3.63) is 96.2 Å². The number of aromatic nitrogens is 3. The Kier molecular flexibility index (Phi) is 12.5. The Morgan fingerprint density at radius 1 is 1.00 bits per heavy atom. The molecule has 1 amide bonds. The van der Waals surface area contributed by atoms with Gasteiger partial charge in [0.2, 0.25) is 0 Å². The first-order chi connectivity index (χ1) is 17.2. The number of aromatic amines is 1. The molecular formula is C28H32Cl3N5OS. The molecule has 5 rings (SSSR count). The highest BCUT2D eigenvalue weighted by atomic mass is 35.5. The lowest BCUT2D eigenvalue weighted by Crippen LogP contribution is -2.35. The van der Waals surface area contributed by atoms with Crippen LogP contribution in [0.4, 0.5) is 5.69 Å². The molecule has 6 nitrogen and oxygen atoms in total.